The maximum atomic E-state index is 12.2. The van der Waals surface area contributed by atoms with Gasteiger partial charge in [0.15, 0.2) is 12.4 Å². The molecule has 0 saturated carbocycles. The predicted molar refractivity (Wildman–Crippen MR) is 90.1 cm³/mol. The molecule has 0 aliphatic heterocycles. The number of esters is 1. The Kier molecular flexibility index (Phi) is 6.68. The molecule has 2 amide bonds. The van der Waals surface area contributed by atoms with Gasteiger partial charge in [0.25, 0.3) is 5.91 Å². The summed E-state index contributed by atoms with van der Waals surface area (Å²) in [6.07, 6.45) is 3.11. The number of benzene rings is 1. The van der Waals surface area contributed by atoms with Crippen LogP contribution in [0.25, 0.3) is 0 Å². The number of ether oxygens (including phenoxy) is 1. The second-order valence-electron chi connectivity index (χ2n) is 5.87. The van der Waals surface area contributed by atoms with Gasteiger partial charge in [0.05, 0.1) is 13.0 Å². The fourth-order valence-corrected chi connectivity index (χ4v) is 2.64. The van der Waals surface area contributed by atoms with E-state index in [2.05, 4.69) is 10.6 Å². The first-order chi connectivity index (χ1) is 12.0. The molecule has 0 unspecified atom stereocenters. The number of ketones is 1. The number of rotatable bonds is 8. The molecule has 0 spiro atoms. The van der Waals surface area contributed by atoms with Crippen LogP contribution in [0.5, 0.6) is 0 Å². The molecule has 0 saturated heterocycles. The van der Waals surface area contributed by atoms with E-state index in [1.54, 1.807) is 6.07 Å². The van der Waals surface area contributed by atoms with Crippen molar-refractivity contribution in [1.82, 2.24) is 10.6 Å². The van der Waals surface area contributed by atoms with Crippen LogP contribution in [0.4, 0.5) is 0 Å². The Morgan fingerprint density at radius 2 is 1.80 bits per heavy atom. The van der Waals surface area contributed by atoms with E-state index in [-0.39, 0.29) is 31.1 Å². The van der Waals surface area contributed by atoms with E-state index in [0.29, 0.717) is 5.56 Å². The molecule has 7 nitrogen and oxygen atoms in total. The summed E-state index contributed by atoms with van der Waals surface area (Å²) in [4.78, 5) is 46.2. The smallest absolute Gasteiger partial charge is 0.306 e. The fourth-order valence-electron chi connectivity index (χ4n) is 2.64. The number of carbonyl (C=O) groups excluding carboxylic acids is 4. The number of nitrogens with one attached hydrogen (secondary N) is 2. The quantitative estimate of drug-likeness (QED) is 0.528. The van der Waals surface area contributed by atoms with E-state index in [0.717, 1.165) is 19.3 Å². The minimum absolute atomic E-state index is 0.0392. The number of aryl methyl sites for hydroxylation is 2. The normalized spacial score (nSPS) is 12.2. The minimum atomic E-state index is -0.621. The first-order valence-corrected chi connectivity index (χ1v) is 8.27. The Morgan fingerprint density at radius 1 is 1.04 bits per heavy atom. The number of Topliss-reactive ketones (excluding diaryl/α,β-unsaturated/α-hetero) is 1. The average molecular weight is 346 g/mol. The first-order valence-electron chi connectivity index (χ1n) is 8.27. The Bertz CT molecular complexity index is 684. The maximum Gasteiger partial charge on any atom is 0.306 e. The van der Waals surface area contributed by atoms with Gasteiger partial charge in [-0.1, -0.05) is 12.1 Å². The van der Waals surface area contributed by atoms with Crippen molar-refractivity contribution in [2.45, 2.75) is 32.1 Å². The molecular formula is C18H22N2O5. The van der Waals surface area contributed by atoms with Crippen molar-refractivity contribution in [2.24, 2.45) is 0 Å². The number of fused-ring (bicyclic) bond motifs is 1. The molecule has 1 aliphatic rings. The second-order valence-corrected chi connectivity index (χ2v) is 5.87. The molecule has 0 fully saturated rings. The summed E-state index contributed by atoms with van der Waals surface area (Å²) in [5.41, 5.74) is 3.11. The lowest BCUT2D eigenvalue weighted by molar-refractivity contribution is -0.148. The standard InChI is InChI=1S/C18H22N2O5/c1-19-16(22)10-20-17(23)11-25-18(24)8-7-15(21)14-6-5-12-3-2-4-13(12)9-14/h5-6,9H,2-4,7-8,10-11H2,1H3,(H,19,22)(H,20,23). The zero-order chi connectivity index (χ0) is 18.2. The molecule has 1 aliphatic carbocycles. The summed E-state index contributed by atoms with van der Waals surface area (Å²) in [7, 11) is 1.45. The van der Waals surface area contributed by atoms with Gasteiger partial charge in [0.2, 0.25) is 5.91 Å². The van der Waals surface area contributed by atoms with Gasteiger partial charge in [0, 0.05) is 19.0 Å². The van der Waals surface area contributed by atoms with Gasteiger partial charge in [-0.3, -0.25) is 19.2 Å². The third kappa shape index (κ3) is 5.70. The molecule has 134 valence electrons. The third-order valence-electron chi connectivity index (χ3n) is 4.07. The molecule has 0 aromatic heterocycles. The van der Waals surface area contributed by atoms with Gasteiger partial charge < -0.3 is 15.4 Å². The van der Waals surface area contributed by atoms with Crippen LogP contribution in [0.2, 0.25) is 0 Å². The first kappa shape index (κ1) is 18.6. The molecule has 1 aromatic carbocycles. The lowest BCUT2D eigenvalue weighted by Gasteiger charge is -2.06. The Hall–Kier alpha value is -2.70. The van der Waals surface area contributed by atoms with E-state index >= 15 is 0 Å². The van der Waals surface area contributed by atoms with Gasteiger partial charge in [-0.2, -0.15) is 0 Å². The molecule has 2 rings (SSSR count). The summed E-state index contributed by atoms with van der Waals surface area (Å²) in [5.74, 6) is -1.65. The van der Waals surface area contributed by atoms with Crippen LogP contribution in [-0.2, 0) is 32.0 Å². The Balaban J connectivity index is 1.70. The van der Waals surface area contributed by atoms with Gasteiger partial charge >= 0.3 is 5.97 Å². The Morgan fingerprint density at radius 3 is 2.56 bits per heavy atom. The van der Waals surface area contributed by atoms with Gasteiger partial charge in [-0.25, -0.2) is 0 Å². The summed E-state index contributed by atoms with van der Waals surface area (Å²) < 4.78 is 4.80. The third-order valence-corrected chi connectivity index (χ3v) is 4.07. The number of carbonyl (C=O) groups is 4. The van der Waals surface area contributed by atoms with Crippen molar-refractivity contribution in [3.63, 3.8) is 0 Å². The highest BCUT2D eigenvalue weighted by molar-refractivity contribution is 5.98. The lowest BCUT2D eigenvalue weighted by atomic mass is 10.0. The predicted octanol–water partition coefficient (Wildman–Crippen LogP) is 0.544. The zero-order valence-corrected chi connectivity index (χ0v) is 14.2. The molecule has 0 heterocycles. The van der Waals surface area contributed by atoms with Crippen molar-refractivity contribution in [2.75, 3.05) is 20.2 Å². The molecule has 2 N–H and O–H groups in total. The van der Waals surface area contributed by atoms with Crippen LogP contribution < -0.4 is 10.6 Å². The molecule has 0 radical (unpaired) electrons. The number of amides is 2. The number of hydrogen-bond donors (Lipinski definition) is 2. The van der Waals surface area contributed by atoms with E-state index in [1.165, 1.54) is 18.2 Å². The van der Waals surface area contributed by atoms with E-state index in [1.807, 2.05) is 12.1 Å². The summed E-state index contributed by atoms with van der Waals surface area (Å²) in [6, 6.07) is 5.68. The summed E-state index contributed by atoms with van der Waals surface area (Å²) in [5, 5.41) is 4.66. The van der Waals surface area contributed by atoms with Gasteiger partial charge in [-0.05, 0) is 36.5 Å². The molecular weight excluding hydrogens is 324 g/mol. The highest BCUT2D eigenvalue weighted by atomic mass is 16.5. The summed E-state index contributed by atoms with van der Waals surface area (Å²) in [6.45, 7) is -0.646. The molecule has 7 heteroatoms. The second kappa shape index (κ2) is 8.96. The van der Waals surface area contributed by atoms with Crippen LogP contribution in [0, 0.1) is 0 Å². The topological polar surface area (TPSA) is 102 Å². The van der Waals surface area contributed by atoms with E-state index in [9.17, 15) is 19.2 Å². The van der Waals surface area contributed by atoms with Crippen molar-refractivity contribution in [3.8, 4) is 0 Å². The van der Waals surface area contributed by atoms with Crippen molar-refractivity contribution >= 4 is 23.6 Å². The molecule has 0 atom stereocenters. The summed E-state index contributed by atoms with van der Waals surface area (Å²) >= 11 is 0. The zero-order valence-electron chi connectivity index (χ0n) is 14.2. The van der Waals surface area contributed by atoms with Crippen LogP contribution in [0.15, 0.2) is 18.2 Å². The van der Waals surface area contributed by atoms with Gasteiger partial charge in [0.1, 0.15) is 0 Å². The van der Waals surface area contributed by atoms with Crippen LogP contribution in [-0.4, -0.2) is 43.8 Å². The maximum absolute atomic E-state index is 12.2. The van der Waals surface area contributed by atoms with Crippen molar-refractivity contribution in [3.05, 3.63) is 34.9 Å². The fraction of sp³-hybridized carbons (Fsp3) is 0.444. The largest absolute Gasteiger partial charge is 0.456 e. The molecule has 1 aromatic rings. The van der Waals surface area contributed by atoms with Gasteiger partial charge in [-0.15, -0.1) is 0 Å². The van der Waals surface area contributed by atoms with E-state index in [4.69, 9.17) is 4.74 Å². The van der Waals surface area contributed by atoms with Crippen molar-refractivity contribution < 1.29 is 23.9 Å². The highest BCUT2D eigenvalue weighted by Crippen LogP contribution is 2.23. The number of likely N-dealkylation sites (N-methyl/N-ethyl adjacent to an activating group) is 1. The van der Waals surface area contributed by atoms with Crippen LogP contribution in [0.1, 0.15) is 40.7 Å². The molecule has 0 bridgehead atoms. The lowest BCUT2D eigenvalue weighted by Crippen LogP contribution is -2.37. The monoisotopic (exact) mass is 346 g/mol. The molecule has 25 heavy (non-hydrogen) atoms. The van der Waals surface area contributed by atoms with E-state index < -0.39 is 18.5 Å². The van der Waals surface area contributed by atoms with Crippen LogP contribution >= 0.6 is 0 Å². The number of hydrogen-bond acceptors (Lipinski definition) is 5. The Labute approximate surface area is 146 Å². The highest BCUT2D eigenvalue weighted by Gasteiger charge is 2.15. The van der Waals surface area contributed by atoms with Crippen molar-refractivity contribution in [1.29, 1.82) is 0 Å². The minimum Gasteiger partial charge on any atom is -0.456 e. The average Bonchev–Trinajstić information content (AvgIpc) is 3.09. The van der Waals surface area contributed by atoms with Crippen LogP contribution in [0.3, 0.4) is 0 Å². The SMILES string of the molecule is CNC(=O)CNC(=O)COC(=O)CCC(=O)c1ccc2c(c1)CCC2.